The summed E-state index contributed by atoms with van der Waals surface area (Å²) >= 11 is 6.53. The number of nitrogens with zero attached hydrogens (tertiary/aromatic N) is 4. The molecule has 236 valence electrons. The summed E-state index contributed by atoms with van der Waals surface area (Å²) in [6.45, 7) is 10.7. The van der Waals surface area contributed by atoms with Crippen LogP contribution in [-0.4, -0.2) is 70.5 Å². The number of ether oxygens (including phenoxy) is 3. The highest BCUT2D eigenvalue weighted by Crippen LogP contribution is 2.34. The Hall–Kier alpha value is -4.48. The molecule has 0 bridgehead atoms. The van der Waals surface area contributed by atoms with Crippen LogP contribution in [0.1, 0.15) is 39.2 Å². The van der Waals surface area contributed by atoms with Crippen molar-refractivity contribution in [1.29, 1.82) is 0 Å². The fourth-order valence-electron chi connectivity index (χ4n) is 4.90. The Kier molecular flexibility index (Phi) is 9.99. The number of carbonyl (C=O) groups is 2. The summed E-state index contributed by atoms with van der Waals surface area (Å²) in [4.78, 5) is 31.3. The van der Waals surface area contributed by atoms with E-state index < -0.39 is 17.7 Å². The molecule has 1 saturated heterocycles. The smallest absolute Gasteiger partial charge is 0.408 e. The summed E-state index contributed by atoms with van der Waals surface area (Å²) in [5.41, 5.74) is 3.66. The van der Waals surface area contributed by atoms with Gasteiger partial charge in [-0.3, -0.25) is 4.90 Å². The molecule has 12 heteroatoms. The van der Waals surface area contributed by atoms with E-state index in [1.165, 1.54) is 12.8 Å². The minimum Gasteiger partial charge on any atom is -0.492 e. The normalized spacial score (nSPS) is 13.4. The second-order valence-corrected chi connectivity index (χ2v) is 12.2. The molecule has 0 radical (unpaired) electrons. The van der Waals surface area contributed by atoms with Gasteiger partial charge in [-0.15, -0.1) is 10.2 Å². The summed E-state index contributed by atoms with van der Waals surface area (Å²) in [5, 5.41) is 14.7. The van der Waals surface area contributed by atoms with E-state index >= 15 is 0 Å². The van der Waals surface area contributed by atoms with Crippen molar-refractivity contribution >= 4 is 46.3 Å². The predicted octanol–water partition coefficient (Wildman–Crippen LogP) is 6.30. The number of anilines is 2. The van der Waals surface area contributed by atoms with Gasteiger partial charge in [0.2, 0.25) is 5.95 Å². The zero-order valence-electron chi connectivity index (χ0n) is 25.9. The number of benzene rings is 3. The number of aryl methyl sites for hydroxylation is 1. The van der Waals surface area contributed by atoms with Crippen molar-refractivity contribution in [2.75, 3.05) is 38.1 Å². The highest BCUT2D eigenvalue weighted by molar-refractivity contribution is 6.33. The highest BCUT2D eigenvalue weighted by Gasteiger charge is 2.18. The zero-order valence-corrected chi connectivity index (χ0v) is 26.6. The number of rotatable bonds is 10. The van der Waals surface area contributed by atoms with Gasteiger partial charge in [0.15, 0.2) is 0 Å². The Balaban J connectivity index is 1.23. The molecule has 1 fully saturated rings. The lowest BCUT2D eigenvalue weighted by molar-refractivity contribution is -0.133. The molecule has 2 N–H and O–H groups in total. The average Bonchev–Trinajstić information content (AvgIpc) is 3.51. The molecular formula is C33H37ClN6O5. The van der Waals surface area contributed by atoms with Crippen LogP contribution < -0.4 is 20.1 Å². The number of alkyl carbamates (subject to hydrolysis) is 1. The molecule has 2 heterocycles. The molecule has 0 unspecified atom stereocenters. The van der Waals surface area contributed by atoms with Crippen LogP contribution in [0.25, 0.3) is 22.2 Å². The molecular weight excluding hydrogens is 596 g/mol. The van der Waals surface area contributed by atoms with Crippen LogP contribution in [0.5, 0.6) is 11.5 Å². The zero-order chi connectivity index (χ0) is 32.0. The molecule has 1 amide bonds. The van der Waals surface area contributed by atoms with Gasteiger partial charge in [0, 0.05) is 22.8 Å². The first-order valence-corrected chi connectivity index (χ1v) is 15.2. The van der Waals surface area contributed by atoms with Crippen molar-refractivity contribution in [3.05, 3.63) is 65.2 Å². The van der Waals surface area contributed by atoms with Gasteiger partial charge in [-0.05, 0) is 119 Å². The molecule has 1 aliphatic heterocycles. The van der Waals surface area contributed by atoms with Crippen molar-refractivity contribution in [2.45, 2.75) is 46.1 Å². The van der Waals surface area contributed by atoms with Crippen LogP contribution in [-0.2, 0) is 9.53 Å². The molecule has 3 aromatic carbocycles. The molecule has 1 aliphatic rings. The summed E-state index contributed by atoms with van der Waals surface area (Å²) in [6, 6.07) is 16.3. The van der Waals surface area contributed by atoms with Crippen LogP contribution in [0.4, 0.5) is 16.4 Å². The quantitative estimate of drug-likeness (QED) is 0.152. The summed E-state index contributed by atoms with van der Waals surface area (Å²) in [5.74, 6) is 0.803. The fourth-order valence-corrected chi connectivity index (χ4v) is 5.12. The van der Waals surface area contributed by atoms with Crippen molar-refractivity contribution in [3.63, 3.8) is 0 Å². The number of hydrogen-bond acceptors (Lipinski definition) is 10. The van der Waals surface area contributed by atoms with E-state index in [1.807, 2.05) is 43.3 Å². The van der Waals surface area contributed by atoms with E-state index in [1.54, 1.807) is 39.0 Å². The molecule has 5 rings (SSSR count). The maximum atomic E-state index is 12.3. The average molecular weight is 633 g/mol. The minimum atomic E-state index is -0.706. The van der Waals surface area contributed by atoms with E-state index in [4.69, 9.17) is 25.8 Å². The molecule has 0 aliphatic carbocycles. The van der Waals surface area contributed by atoms with Crippen LogP contribution in [0.15, 0.2) is 54.6 Å². The van der Waals surface area contributed by atoms with E-state index in [2.05, 4.69) is 30.7 Å². The number of carbonyl (C=O) groups excluding carboxylic acids is 2. The molecule has 0 saturated carbocycles. The third-order valence-corrected chi connectivity index (χ3v) is 7.32. The molecule has 0 spiro atoms. The van der Waals surface area contributed by atoms with Gasteiger partial charge in [0.25, 0.3) is 0 Å². The van der Waals surface area contributed by atoms with Crippen LogP contribution in [0, 0.1) is 6.92 Å². The number of likely N-dealkylation sites (tertiary alicyclic amines) is 1. The van der Waals surface area contributed by atoms with Crippen molar-refractivity contribution < 1.29 is 23.8 Å². The summed E-state index contributed by atoms with van der Waals surface area (Å²) in [7, 11) is 0. The van der Waals surface area contributed by atoms with E-state index in [0.717, 1.165) is 42.2 Å². The Morgan fingerprint density at radius 1 is 0.978 bits per heavy atom. The third kappa shape index (κ3) is 9.02. The molecule has 11 nitrogen and oxygen atoms in total. The Morgan fingerprint density at radius 3 is 2.44 bits per heavy atom. The minimum absolute atomic E-state index is 0.273. The van der Waals surface area contributed by atoms with E-state index in [0.29, 0.717) is 34.2 Å². The number of halogens is 1. The first-order valence-electron chi connectivity index (χ1n) is 14.9. The van der Waals surface area contributed by atoms with Gasteiger partial charge in [-0.1, -0.05) is 11.6 Å². The predicted molar refractivity (Wildman–Crippen MR) is 173 cm³/mol. The summed E-state index contributed by atoms with van der Waals surface area (Å²) < 4.78 is 16.5. The van der Waals surface area contributed by atoms with Crippen LogP contribution in [0.3, 0.4) is 0 Å². The van der Waals surface area contributed by atoms with E-state index in [-0.39, 0.29) is 12.3 Å². The number of amides is 1. The lowest BCUT2D eigenvalue weighted by Crippen LogP contribution is -2.36. The van der Waals surface area contributed by atoms with Crippen LogP contribution >= 0.6 is 11.6 Å². The maximum absolute atomic E-state index is 12.3. The topological polar surface area (TPSA) is 128 Å². The fraction of sp³-hybridized carbons (Fsp3) is 0.364. The monoisotopic (exact) mass is 632 g/mol. The lowest BCUT2D eigenvalue weighted by Gasteiger charge is -2.19. The number of esters is 1. The number of nitrogens with one attached hydrogen (secondary N) is 2. The van der Waals surface area contributed by atoms with E-state index in [9.17, 15) is 9.59 Å². The lowest BCUT2D eigenvalue weighted by atomic mass is 10.0. The van der Waals surface area contributed by atoms with Crippen molar-refractivity contribution in [1.82, 2.24) is 25.4 Å². The highest BCUT2D eigenvalue weighted by atomic mass is 35.5. The second-order valence-electron chi connectivity index (χ2n) is 11.8. The van der Waals surface area contributed by atoms with Gasteiger partial charge in [0.1, 0.15) is 35.8 Å². The second kappa shape index (κ2) is 14.1. The number of hydrogen-bond donors (Lipinski definition) is 2. The summed E-state index contributed by atoms with van der Waals surface area (Å²) in [6.07, 6.45) is 1.83. The standard InChI is InChI=1S/C33H37ClN6O5/c1-21-17-22(26-19-25(11-12-27(26)34)44-29(41)20-35-32(42)45-33(2,3)4)18-28-30(21)37-31(39-38-28)36-23-7-9-24(10-8-23)43-16-15-40-13-5-6-14-40/h7-12,17-19H,5-6,13-16,20H2,1-4H3,(H,35,42)(H,36,37,39). The van der Waals surface area contributed by atoms with Gasteiger partial charge in [0.05, 0.1) is 5.52 Å². The Morgan fingerprint density at radius 2 is 1.71 bits per heavy atom. The van der Waals surface area contributed by atoms with Gasteiger partial charge < -0.3 is 24.8 Å². The molecule has 4 aromatic rings. The SMILES string of the molecule is Cc1cc(-c2cc(OC(=O)CNC(=O)OC(C)(C)C)ccc2Cl)cc2nnc(Nc3ccc(OCCN4CCCC4)cc3)nc12. The molecule has 1 aromatic heterocycles. The third-order valence-electron chi connectivity index (χ3n) is 6.99. The van der Waals surface area contributed by atoms with Crippen molar-refractivity contribution in [2.24, 2.45) is 0 Å². The number of aromatic nitrogens is 3. The van der Waals surface area contributed by atoms with Crippen molar-refractivity contribution in [3.8, 4) is 22.6 Å². The first kappa shape index (κ1) is 31.9. The Bertz CT molecular complexity index is 1670. The van der Waals surface area contributed by atoms with Gasteiger partial charge >= 0.3 is 12.1 Å². The van der Waals surface area contributed by atoms with Crippen LogP contribution in [0.2, 0.25) is 5.02 Å². The molecule has 45 heavy (non-hydrogen) atoms. The Labute approximate surface area is 267 Å². The van der Waals surface area contributed by atoms with Gasteiger partial charge in [-0.2, -0.15) is 0 Å². The maximum Gasteiger partial charge on any atom is 0.408 e. The molecule has 0 atom stereocenters. The largest absolute Gasteiger partial charge is 0.492 e. The first-order chi connectivity index (χ1) is 21.5. The van der Waals surface area contributed by atoms with Gasteiger partial charge in [-0.25, -0.2) is 14.6 Å². The number of fused-ring (bicyclic) bond motifs is 1.